The Hall–Kier alpha value is -4.07. The van der Waals surface area contributed by atoms with Crippen molar-refractivity contribution in [2.75, 3.05) is 16.8 Å². The number of anilines is 2. The largest absolute Gasteiger partial charge is 0.416 e. The zero-order valence-corrected chi connectivity index (χ0v) is 20.8. The van der Waals surface area contributed by atoms with Crippen molar-refractivity contribution in [1.82, 2.24) is 15.0 Å². The molecule has 0 saturated heterocycles. The monoisotopic (exact) mass is 543 g/mol. The molecule has 0 atom stereocenters. The van der Waals surface area contributed by atoms with Crippen LogP contribution < -0.4 is 20.8 Å². The molecule has 2 aliphatic rings. The maximum atomic E-state index is 13.5. The van der Waals surface area contributed by atoms with Crippen LogP contribution in [0.3, 0.4) is 0 Å². The summed E-state index contributed by atoms with van der Waals surface area (Å²) in [7, 11) is 0. The first kappa shape index (κ1) is 26.5. The highest BCUT2D eigenvalue weighted by Crippen LogP contribution is 2.37. The quantitative estimate of drug-likeness (QED) is 0.312. The Morgan fingerprint density at radius 1 is 0.949 bits per heavy atom. The standard InChI is InChI=1S/C28H23F6N5/c1-17-4-2-5-20-12-21(25(38-24(17)20)37-14-18-6-7-18)16-39(26-35-8-3-9-36-26)15-19-10-22(27(29,30)31)13-23(11-19)28(32,33)34/h3-4,8-13,18H,6-7,14-16H2,1H3,(H,37,38). The molecule has 1 fully saturated rings. The fourth-order valence-electron chi connectivity index (χ4n) is 4.27. The van der Waals surface area contributed by atoms with Gasteiger partial charge in [-0.1, -0.05) is 11.5 Å². The topological polar surface area (TPSA) is 53.9 Å². The van der Waals surface area contributed by atoms with Crippen molar-refractivity contribution in [2.24, 2.45) is 5.92 Å². The van der Waals surface area contributed by atoms with E-state index in [1.54, 1.807) is 12.1 Å². The molecular formula is C28H23F6N5. The molecule has 2 aromatic heterocycles. The second kappa shape index (κ2) is 10.2. The Kier molecular flexibility index (Phi) is 6.97. The van der Waals surface area contributed by atoms with Gasteiger partial charge < -0.3 is 10.2 Å². The Morgan fingerprint density at radius 2 is 1.62 bits per heavy atom. The Balaban J connectivity index is 1.57. The molecular weight excluding hydrogens is 520 g/mol. The van der Waals surface area contributed by atoms with E-state index < -0.39 is 23.5 Å². The number of nitrogens with one attached hydrogen (secondary N) is 1. The van der Waals surface area contributed by atoms with Crippen LogP contribution in [-0.4, -0.2) is 21.5 Å². The van der Waals surface area contributed by atoms with Crippen LogP contribution in [-0.2, 0) is 25.4 Å². The smallest absolute Gasteiger partial charge is 0.369 e. The minimum absolute atomic E-state index is 0.0688. The predicted molar refractivity (Wildman–Crippen MR) is 134 cm³/mol. The molecule has 1 N–H and O–H groups in total. The molecule has 11 heteroatoms. The number of benzene rings is 1. The Morgan fingerprint density at radius 3 is 2.23 bits per heavy atom. The lowest BCUT2D eigenvalue weighted by atomic mass is 10.0. The van der Waals surface area contributed by atoms with Gasteiger partial charge in [-0.2, -0.15) is 26.3 Å². The molecule has 1 aromatic carbocycles. The molecule has 5 nitrogen and oxygen atoms in total. The number of aromatic nitrogens is 3. The third-order valence-electron chi connectivity index (χ3n) is 6.44. The van der Waals surface area contributed by atoms with Gasteiger partial charge in [0.25, 0.3) is 0 Å². The maximum Gasteiger partial charge on any atom is 0.416 e. The molecule has 2 aliphatic carbocycles. The highest BCUT2D eigenvalue weighted by molar-refractivity contribution is 5.59. The van der Waals surface area contributed by atoms with Crippen LogP contribution in [0.1, 0.15) is 42.0 Å². The molecule has 5 rings (SSSR count). The van der Waals surface area contributed by atoms with Gasteiger partial charge in [-0.25, -0.2) is 15.0 Å². The van der Waals surface area contributed by atoms with Crippen molar-refractivity contribution >= 4 is 23.1 Å². The first-order valence-electron chi connectivity index (χ1n) is 12.2. The van der Waals surface area contributed by atoms with Crippen molar-refractivity contribution in [2.45, 2.75) is 45.2 Å². The fraction of sp³-hybridized carbons (Fsp3) is 0.321. The molecule has 0 spiro atoms. The van der Waals surface area contributed by atoms with Crippen molar-refractivity contribution in [3.05, 3.63) is 87.4 Å². The van der Waals surface area contributed by atoms with E-state index in [-0.39, 0.29) is 30.7 Å². The second-order valence-electron chi connectivity index (χ2n) is 9.63. The minimum atomic E-state index is -4.95. The third kappa shape index (κ3) is 6.33. The molecule has 2 heterocycles. The molecule has 3 aromatic rings. The van der Waals surface area contributed by atoms with E-state index in [1.807, 2.05) is 13.0 Å². The van der Waals surface area contributed by atoms with Gasteiger partial charge in [0.2, 0.25) is 5.95 Å². The van der Waals surface area contributed by atoms with E-state index in [9.17, 15) is 26.3 Å². The van der Waals surface area contributed by atoms with Crippen molar-refractivity contribution in [3.63, 3.8) is 0 Å². The van der Waals surface area contributed by atoms with E-state index in [0.717, 1.165) is 35.9 Å². The van der Waals surface area contributed by atoms with Crippen LogP contribution >= 0.6 is 0 Å². The number of fused-ring (bicyclic) bond motifs is 1. The second-order valence-corrected chi connectivity index (χ2v) is 9.63. The van der Waals surface area contributed by atoms with Crippen LogP contribution in [0.2, 0.25) is 0 Å². The normalized spacial score (nSPS) is 14.7. The molecule has 39 heavy (non-hydrogen) atoms. The fourth-order valence-corrected chi connectivity index (χ4v) is 4.27. The highest BCUT2D eigenvalue weighted by Gasteiger charge is 2.37. The number of alkyl halides is 6. The van der Waals surface area contributed by atoms with Gasteiger partial charge in [-0.05, 0) is 73.2 Å². The van der Waals surface area contributed by atoms with E-state index >= 15 is 0 Å². The number of rotatable bonds is 8. The molecule has 1 saturated carbocycles. The van der Waals surface area contributed by atoms with Gasteiger partial charge in [0.15, 0.2) is 0 Å². The van der Waals surface area contributed by atoms with Gasteiger partial charge in [0.1, 0.15) is 5.82 Å². The summed E-state index contributed by atoms with van der Waals surface area (Å²) in [6.07, 6.45) is -2.99. The molecule has 0 bridgehead atoms. The molecule has 0 radical (unpaired) electrons. The lowest BCUT2D eigenvalue weighted by Gasteiger charge is -2.25. The maximum absolute atomic E-state index is 13.5. The minimum Gasteiger partial charge on any atom is -0.369 e. The van der Waals surface area contributed by atoms with E-state index in [1.165, 1.54) is 17.3 Å². The van der Waals surface area contributed by atoms with Crippen molar-refractivity contribution in [3.8, 4) is 0 Å². The van der Waals surface area contributed by atoms with Gasteiger partial charge >= 0.3 is 12.4 Å². The molecule has 0 unspecified atom stereocenters. The van der Waals surface area contributed by atoms with Crippen molar-refractivity contribution in [1.29, 1.82) is 0 Å². The average molecular weight is 544 g/mol. The first-order chi connectivity index (χ1) is 18.5. The zero-order chi connectivity index (χ0) is 27.8. The lowest BCUT2D eigenvalue weighted by Crippen LogP contribution is -2.34. The Bertz CT molecular complexity index is 1550. The van der Waals surface area contributed by atoms with Crippen molar-refractivity contribution < 1.29 is 26.3 Å². The number of hydrogen-bond acceptors (Lipinski definition) is 5. The number of nitrogens with zero attached hydrogens (tertiary/aromatic N) is 4. The predicted octanol–water partition coefficient (Wildman–Crippen LogP) is 5.21. The summed E-state index contributed by atoms with van der Waals surface area (Å²) >= 11 is 0. The summed E-state index contributed by atoms with van der Waals surface area (Å²) in [5.74, 6) is 1.26. The highest BCUT2D eigenvalue weighted by atomic mass is 19.4. The summed E-state index contributed by atoms with van der Waals surface area (Å²) in [6, 6.07) is 4.99. The van der Waals surface area contributed by atoms with Crippen LogP contribution in [0.5, 0.6) is 0 Å². The summed E-state index contributed by atoms with van der Waals surface area (Å²) in [6.45, 7) is 2.37. The molecule has 0 amide bonds. The van der Waals surface area contributed by atoms with E-state index in [4.69, 9.17) is 4.98 Å². The molecule has 202 valence electrons. The van der Waals surface area contributed by atoms with Crippen LogP contribution in [0, 0.1) is 5.92 Å². The summed E-state index contributed by atoms with van der Waals surface area (Å²) in [4.78, 5) is 14.8. The zero-order valence-electron chi connectivity index (χ0n) is 20.8. The van der Waals surface area contributed by atoms with E-state index in [2.05, 4.69) is 26.7 Å². The summed E-state index contributed by atoms with van der Waals surface area (Å²) < 4.78 is 81.0. The lowest BCUT2D eigenvalue weighted by molar-refractivity contribution is -0.143. The summed E-state index contributed by atoms with van der Waals surface area (Å²) in [5, 5.41) is 4.79. The molecule has 0 aliphatic heterocycles. The number of hydrogen-bond donors (Lipinski definition) is 1. The van der Waals surface area contributed by atoms with Crippen LogP contribution in [0.25, 0.3) is 11.3 Å². The third-order valence-corrected chi connectivity index (χ3v) is 6.44. The van der Waals surface area contributed by atoms with Gasteiger partial charge in [-0.3, -0.25) is 0 Å². The van der Waals surface area contributed by atoms with Gasteiger partial charge in [0, 0.05) is 37.6 Å². The first-order valence-corrected chi connectivity index (χ1v) is 12.2. The number of pyridine rings is 1. The number of allylic oxidation sites excluding steroid dienone is 1. The summed E-state index contributed by atoms with van der Waals surface area (Å²) in [5.41, 5.74) is 4.62. The Labute approximate surface area is 219 Å². The van der Waals surface area contributed by atoms with Gasteiger partial charge in [0.05, 0.1) is 21.7 Å². The van der Waals surface area contributed by atoms with E-state index in [0.29, 0.717) is 29.1 Å². The van der Waals surface area contributed by atoms with Crippen LogP contribution in [0.15, 0.2) is 54.5 Å². The van der Waals surface area contributed by atoms with Crippen LogP contribution in [0.4, 0.5) is 38.1 Å². The van der Waals surface area contributed by atoms with Gasteiger partial charge in [-0.15, -0.1) is 0 Å². The average Bonchev–Trinajstić information content (AvgIpc) is 3.71. The number of halogens is 6. The SMILES string of the molecule is CC1=c2nc(NCC3CC3)c(CN(Cc3cc(C(F)(F)F)cc(C(F)(F)F)c3)c3ncccn3)cc2=C=C=C1.